The Morgan fingerprint density at radius 1 is 1.08 bits per heavy atom. The Balaban J connectivity index is 1.99. The molecule has 0 aliphatic heterocycles. The van der Waals surface area contributed by atoms with Crippen molar-refractivity contribution in [2.75, 3.05) is 17.2 Å². The van der Waals surface area contributed by atoms with Gasteiger partial charge in [-0.2, -0.15) is 9.97 Å². The van der Waals surface area contributed by atoms with Crippen LogP contribution in [0.1, 0.15) is 18.9 Å². The van der Waals surface area contributed by atoms with E-state index >= 15 is 0 Å². The van der Waals surface area contributed by atoms with Gasteiger partial charge in [0, 0.05) is 18.1 Å². The van der Waals surface area contributed by atoms with E-state index in [1.807, 2.05) is 38.1 Å². The number of rotatable bonds is 6. The number of anilines is 3. The molecule has 2 heterocycles. The van der Waals surface area contributed by atoms with Gasteiger partial charge >= 0.3 is 0 Å². The standard InChI is InChI=1S/C17H20N6O/c1-3-12(10-24)21-17-22-15-14(18-8-9-19-15)16(23-17)20-13-6-4-11(2)5-7-13/h4-9,12,24H,3,10H2,1-2H3,(H2,19,20,21,22,23). The lowest BCUT2D eigenvalue weighted by atomic mass is 10.2. The number of nitrogens with zero attached hydrogens (tertiary/aromatic N) is 4. The number of hydrogen-bond acceptors (Lipinski definition) is 7. The number of benzene rings is 1. The third-order valence-corrected chi connectivity index (χ3v) is 3.69. The SMILES string of the molecule is CCC(CO)Nc1nc(Nc2ccc(C)cc2)c2nccnc2n1. The average molecular weight is 324 g/mol. The van der Waals surface area contributed by atoms with Gasteiger partial charge in [-0.15, -0.1) is 0 Å². The minimum absolute atomic E-state index is 0.0130. The first-order valence-electron chi connectivity index (χ1n) is 7.89. The molecule has 0 bridgehead atoms. The monoisotopic (exact) mass is 324 g/mol. The van der Waals surface area contributed by atoms with Gasteiger partial charge in [-0.25, -0.2) is 9.97 Å². The quantitative estimate of drug-likeness (QED) is 0.641. The van der Waals surface area contributed by atoms with Crippen molar-refractivity contribution in [3.05, 3.63) is 42.2 Å². The van der Waals surface area contributed by atoms with E-state index in [9.17, 15) is 5.11 Å². The van der Waals surface area contributed by atoms with Crippen molar-refractivity contribution in [2.24, 2.45) is 0 Å². The molecule has 0 aliphatic rings. The number of aliphatic hydroxyl groups is 1. The van der Waals surface area contributed by atoms with Crippen molar-refractivity contribution in [3.63, 3.8) is 0 Å². The van der Waals surface area contributed by atoms with Gasteiger partial charge in [0.15, 0.2) is 17.0 Å². The third kappa shape index (κ3) is 3.57. The van der Waals surface area contributed by atoms with E-state index in [0.29, 0.717) is 22.9 Å². The Morgan fingerprint density at radius 2 is 1.83 bits per heavy atom. The van der Waals surface area contributed by atoms with Crippen LogP contribution in [0.5, 0.6) is 0 Å². The van der Waals surface area contributed by atoms with E-state index < -0.39 is 0 Å². The molecule has 0 radical (unpaired) electrons. The predicted molar refractivity (Wildman–Crippen MR) is 94.4 cm³/mol. The molecule has 0 saturated carbocycles. The van der Waals surface area contributed by atoms with Crippen LogP contribution in [0.25, 0.3) is 11.2 Å². The lowest BCUT2D eigenvalue weighted by Gasteiger charge is -2.15. The summed E-state index contributed by atoms with van der Waals surface area (Å²) < 4.78 is 0. The lowest BCUT2D eigenvalue weighted by molar-refractivity contribution is 0.271. The van der Waals surface area contributed by atoms with Gasteiger partial charge in [0.1, 0.15) is 0 Å². The molecule has 24 heavy (non-hydrogen) atoms. The van der Waals surface area contributed by atoms with Crippen LogP contribution in [0.2, 0.25) is 0 Å². The van der Waals surface area contributed by atoms with Crippen molar-refractivity contribution in [2.45, 2.75) is 26.3 Å². The van der Waals surface area contributed by atoms with Gasteiger partial charge in [0.25, 0.3) is 0 Å². The first-order valence-corrected chi connectivity index (χ1v) is 7.89. The predicted octanol–water partition coefficient (Wildman–Crippen LogP) is 2.65. The van der Waals surface area contributed by atoms with Gasteiger partial charge in [-0.3, -0.25) is 0 Å². The van der Waals surface area contributed by atoms with Crippen molar-refractivity contribution < 1.29 is 5.11 Å². The molecular formula is C17H20N6O. The smallest absolute Gasteiger partial charge is 0.227 e. The van der Waals surface area contributed by atoms with Crippen molar-refractivity contribution in [3.8, 4) is 0 Å². The molecular weight excluding hydrogens is 304 g/mol. The zero-order valence-corrected chi connectivity index (χ0v) is 13.7. The summed E-state index contributed by atoms with van der Waals surface area (Å²) in [5.74, 6) is 0.991. The van der Waals surface area contributed by atoms with Crippen molar-refractivity contribution in [1.82, 2.24) is 19.9 Å². The van der Waals surface area contributed by atoms with E-state index in [1.54, 1.807) is 12.4 Å². The first-order chi connectivity index (χ1) is 11.7. The Bertz CT molecular complexity index is 817. The molecule has 1 aromatic carbocycles. The topological polar surface area (TPSA) is 95.8 Å². The normalized spacial score (nSPS) is 12.1. The lowest BCUT2D eigenvalue weighted by Crippen LogP contribution is -2.24. The second-order valence-electron chi connectivity index (χ2n) is 5.55. The van der Waals surface area contributed by atoms with Gasteiger partial charge < -0.3 is 15.7 Å². The largest absolute Gasteiger partial charge is 0.394 e. The van der Waals surface area contributed by atoms with Gasteiger partial charge in [-0.1, -0.05) is 24.6 Å². The summed E-state index contributed by atoms with van der Waals surface area (Å²) in [5.41, 5.74) is 3.19. The summed E-state index contributed by atoms with van der Waals surface area (Å²) >= 11 is 0. The van der Waals surface area contributed by atoms with Crippen molar-refractivity contribution in [1.29, 1.82) is 0 Å². The Kier molecular flexibility index (Phi) is 4.81. The summed E-state index contributed by atoms with van der Waals surface area (Å²) in [4.78, 5) is 17.5. The molecule has 0 amide bonds. The summed E-state index contributed by atoms with van der Waals surface area (Å²) in [6, 6.07) is 7.90. The summed E-state index contributed by atoms with van der Waals surface area (Å²) in [6.45, 7) is 4.04. The number of aromatic nitrogens is 4. The summed E-state index contributed by atoms with van der Waals surface area (Å²) in [7, 11) is 0. The highest BCUT2D eigenvalue weighted by atomic mass is 16.3. The van der Waals surface area contributed by atoms with Crippen LogP contribution in [0.15, 0.2) is 36.7 Å². The molecule has 1 atom stereocenters. The fourth-order valence-corrected chi connectivity index (χ4v) is 2.25. The number of nitrogens with one attached hydrogen (secondary N) is 2. The highest BCUT2D eigenvalue weighted by Crippen LogP contribution is 2.23. The second-order valence-corrected chi connectivity index (χ2v) is 5.55. The number of fused-ring (bicyclic) bond motifs is 1. The molecule has 3 N–H and O–H groups in total. The average Bonchev–Trinajstić information content (AvgIpc) is 2.61. The Hall–Kier alpha value is -2.80. The van der Waals surface area contributed by atoms with E-state index in [2.05, 4.69) is 30.6 Å². The van der Waals surface area contributed by atoms with E-state index in [1.165, 1.54) is 5.56 Å². The highest BCUT2D eigenvalue weighted by Gasteiger charge is 2.12. The van der Waals surface area contributed by atoms with Crippen LogP contribution in [-0.2, 0) is 0 Å². The van der Waals surface area contributed by atoms with E-state index in [0.717, 1.165) is 12.1 Å². The van der Waals surface area contributed by atoms with E-state index in [4.69, 9.17) is 0 Å². The fourth-order valence-electron chi connectivity index (χ4n) is 2.25. The molecule has 124 valence electrons. The highest BCUT2D eigenvalue weighted by molar-refractivity contribution is 5.85. The summed E-state index contributed by atoms with van der Waals surface area (Å²) in [5, 5.41) is 15.8. The van der Waals surface area contributed by atoms with Crippen LogP contribution >= 0.6 is 0 Å². The molecule has 3 rings (SSSR count). The van der Waals surface area contributed by atoms with Crippen LogP contribution in [0, 0.1) is 6.92 Å². The van der Waals surface area contributed by atoms with Gasteiger partial charge in [-0.05, 0) is 25.5 Å². The molecule has 0 fully saturated rings. The minimum Gasteiger partial charge on any atom is -0.394 e. The van der Waals surface area contributed by atoms with Crippen LogP contribution in [0.3, 0.4) is 0 Å². The maximum atomic E-state index is 9.37. The van der Waals surface area contributed by atoms with Crippen LogP contribution in [-0.4, -0.2) is 37.7 Å². The third-order valence-electron chi connectivity index (χ3n) is 3.69. The maximum Gasteiger partial charge on any atom is 0.227 e. The van der Waals surface area contributed by atoms with Gasteiger partial charge in [0.05, 0.1) is 12.6 Å². The van der Waals surface area contributed by atoms with Crippen molar-refractivity contribution >= 4 is 28.6 Å². The molecule has 0 saturated heterocycles. The number of hydrogen-bond donors (Lipinski definition) is 3. The van der Waals surface area contributed by atoms with E-state index in [-0.39, 0.29) is 12.6 Å². The Labute approximate surface area is 140 Å². The molecule has 0 aliphatic carbocycles. The number of aryl methyl sites for hydroxylation is 1. The molecule has 3 aromatic rings. The van der Waals surface area contributed by atoms with Gasteiger partial charge in [0.2, 0.25) is 5.95 Å². The summed E-state index contributed by atoms with van der Waals surface area (Å²) in [6.07, 6.45) is 3.97. The minimum atomic E-state index is -0.105. The molecule has 2 aromatic heterocycles. The molecule has 1 unspecified atom stereocenters. The molecule has 7 heteroatoms. The van der Waals surface area contributed by atoms with Crippen LogP contribution in [0.4, 0.5) is 17.5 Å². The Morgan fingerprint density at radius 3 is 2.54 bits per heavy atom. The maximum absolute atomic E-state index is 9.37. The van der Waals surface area contributed by atoms with Crippen LogP contribution < -0.4 is 10.6 Å². The zero-order valence-electron chi connectivity index (χ0n) is 13.7. The zero-order chi connectivity index (χ0) is 16.9. The fraction of sp³-hybridized carbons (Fsp3) is 0.294. The number of aliphatic hydroxyl groups excluding tert-OH is 1. The molecule has 7 nitrogen and oxygen atoms in total. The first kappa shape index (κ1) is 16.1. The molecule has 0 spiro atoms. The second kappa shape index (κ2) is 7.18.